The third-order valence-electron chi connectivity index (χ3n) is 1.72. The first-order valence-corrected chi connectivity index (χ1v) is 5.91. The van der Waals surface area contributed by atoms with Gasteiger partial charge >= 0.3 is 0 Å². The number of carbonyl (C=O) groups excluding carboxylic acids is 1. The number of likely N-dealkylation sites (N-methyl/N-ethyl adjacent to an activating group) is 1. The van der Waals surface area contributed by atoms with Gasteiger partial charge in [0.15, 0.2) is 0 Å². The van der Waals surface area contributed by atoms with Gasteiger partial charge in [-0.2, -0.15) is 0 Å². The van der Waals surface area contributed by atoms with E-state index in [1.165, 1.54) is 11.8 Å². The first-order chi connectivity index (χ1) is 7.58. The summed E-state index contributed by atoms with van der Waals surface area (Å²) in [6, 6.07) is 0. The molecule has 0 saturated carbocycles. The number of hydrogen-bond acceptors (Lipinski definition) is 6. The summed E-state index contributed by atoms with van der Waals surface area (Å²) in [5, 5.41) is 10.7. The van der Waals surface area contributed by atoms with Crippen LogP contribution in [0.25, 0.3) is 0 Å². The molecule has 7 heteroatoms. The highest BCUT2D eigenvalue weighted by Gasteiger charge is 2.07. The Bertz CT molecular complexity index is 340. The van der Waals surface area contributed by atoms with Gasteiger partial charge in [0.1, 0.15) is 0 Å². The summed E-state index contributed by atoms with van der Waals surface area (Å²) >= 11 is 1.24. The second-order valence-electron chi connectivity index (χ2n) is 3.53. The van der Waals surface area contributed by atoms with E-state index in [0.29, 0.717) is 23.4 Å². The Labute approximate surface area is 98.8 Å². The SMILES string of the molecule is Cc1nnc(SCC(=O)NCCN(C)C)o1. The first kappa shape index (κ1) is 13.0. The van der Waals surface area contributed by atoms with Crippen molar-refractivity contribution in [1.29, 1.82) is 0 Å². The third kappa shape index (κ3) is 5.13. The molecule has 0 bridgehead atoms. The van der Waals surface area contributed by atoms with Gasteiger partial charge < -0.3 is 14.6 Å². The van der Waals surface area contributed by atoms with E-state index in [9.17, 15) is 4.79 Å². The van der Waals surface area contributed by atoms with Gasteiger partial charge in [-0.25, -0.2) is 0 Å². The molecule has 16 heavy (non-hydrogen) atoms. The van der Waals surface area contributed by atoms with Gasteiger partial charge in [-0.05, 0) is 14.1 Å². The Morgan fingerprint density at radius 2 is 2.25 bits per heavy atom. The number of nitrogens with zero attached hydrogens (tertiary/aromatic N) is 3. The summed E-state index contributed by atoms with van der Waals surface area (Å²) in [7, 11) is 3.92. The Morgan fingerprint density at radius 3 is 2.81 bits per heavy atom. The summed E-state index contributed by atoms with van der Waals surface area (Å²) in [5.41, 5.74) is 0. The van der Waals surface area contributed by atoms with Crippen molar-refractivity contribution in [2.75, 3.05) is 32.9 Å². The fraction of sp³-hybridized carbons (Fsp3) is 0.667. The minimum atomic E-state index is -0.0253. The van der Waals surface area contributed by atoms with Gasteiger partial charge in [0.05, 0.1) is 5.75 Å². The van der Waals surface area contributed by atoms with Crippen LogP contribution < -0.4 is 5.32 Å². The van der Waals surface area contributed by atoms with Crippen LogP contribution in [0.3, 0.4) is 0 Å². The smallest absolute Gasteiger partial charge is 0.277 e. The number of amides is 1. The lowest BCUT2D eigenvalue weighted by Crippen LogP contribution is -2.32. The zero-order chi connectivity index (χ0) is 12.0. The van der Waals surface area contributed by atoms with E-state index in [2.05, 4.69) is 15.5 Å². The summed E-state index contributed by atoms with van der Waals surface area (Å²) in [5.74, 6) is 0.785. The molecular formula is C9H16N4O2S. The van der Waals surface area contributed by atoms with Gasteiger partial charge in [-0.3, -0.25) is 4.79 Å². The van der Waals surface area contributed by atoms with Crippen molar-refractivity contribution in [3.05, 3.63) is 5.89 Å². The number of rotatable bonds is 6. The zero-order valence-electron chi connectivity index (χ0n) is 9.69. The molecule has 6 nitrogen and oxygen atoms in total. The molecule has 1 N–H and O–H groups in total. The van der Waals surface area contributed by atoms with Crippen LogP contribution in [0, 0.1) is 6.92 Å². The predicted octanol–water partition coefficient (Wildman–Crippen LogP) is 0.148. The molecule has 0 aliphatic rings. The molecule has 0 saturated heterocycles. The van der Waals surface area contributed by atoms with Gasteiger partial charge in [0, 0.05) is 20.0 Å². The van der Waals surface area contributed by atoms with Crippen molar-refractivity contribution < 1.29 is 9.21 Å². The molecular weight excluding hydrogens is 228 g/mol. The summed E-state index contributed by atoms with van der Waals surface area (Å²) in [6.45, 7) is 3.19. The van der Waals surface area contributed by atoms with Crippen LogP contribution in [0.1, 0.15) is 5.89 Å². The minimum Gasteiger partial charge on any atom is -0.416 e. The maximum absolute atomic E-state index is 11.4. The van der Waals surface area contributed by atoms with Crippen molar-refractivity contribution in [2.24, 2.45) is 0 Å². The van der Waals surface area contributed by atoms with Crippen LogP contribution in [0.15, 0.2) is 9.64 Å². The van der Waals surface area contributed by atoms with Crippen LogP contribution in [-0.4, -0.2) is 53.9 Å². The molecule has 0 aromatic carbocycles. The third-order valence-corrected chi connectivity index (χ3v) is 2.53. The fourth-order valence-electron chi connectivity index (χ4n) is 0.934. The quantitative estimate of drug-likeness (QED) is 0.718. The molecule has 0 unspecified atom stereocenters. The topological polar surface area (TPSA) is 71.3 Å². The minimum absolute atomic E-state index is 0.0253. The van der Waals surface area contributed by atoms with Crippen molar-refractivity contribution >= 4 is 17.7 Å². The number of thioether (sulfide) groups is 1. The number of nitrogens with one attached hydrogen (secondary N) is 1. The summed E-state index contributed by atoms with van der Waals surface area (Å²) < 4.78 is 5.13. The van der Waals surface area contributed by atoms with Crippen LogP contribution in [0.5, 0.6) is 0 Å². The van der Waals surface area contributed by atoms with Crippen molar-refractivity contribution in [1.82, 2.24) is 20.4 Å². The highest BCUT2D eigenvalue weighted by atomic mass is 32.2. The second-order valence-corrected chi connectivity index (χ2v) is 4.46. The lowest BCUT2D eigenvalue weighted by molar-refractivity contribution is -0.118. The lowest BCUT2D eigenvalue weighted by atomic mass is 10.5. The molecule has 1 aromatic heterocycles. The standard InChI is InChI=1S/C9H16N4O2S/c1-7-11-12-9(15-7)16-6-8(14)10-4-5-13(2)3/h4-6H2,1-3H3,(H,10,14). The molecule has 0 atom stereocenters. The molecule has 1 amide bonds. The highest BCUT2D eigenvalue weighted by molar-refractivity contribution is 7.99. The van der Waals surface area contributed by atoms with Gasteiger partial charge in [-0.1, -0.05) is 11.8 Å². The number of aryl methyl sites for hydroxylation is 1. The number of hydrogen-bond donors (Lipinski definition) is 1. The van der Waals surface area contributed by atoms with E-state index in [0.717, 1.165) is 6.54 Å². The van der Waals surface area contributed by atoms with Crippen LogP contribution in [0.2, 0.25) is 0 Å². The predicted molar refractivity (Wildman–Crippen MR) is 61.3 cm³/mol. The van der Waals surface area contributed by atoms with Crippen LogP contribution >= 0.6 is 11.8 Å². The van der Waals surface area contributed by atoms with Crippen molar-refractivity contribution in [2.45, 2.75) is 12.1 Å². The van der Waals surface area contributed by atoms with E-state index < -0.39 is 0 Å². The monoisotopic (exact) mass is 244 g/mol. The Kier molecular flexibility index (Phi) is 5.27. The first-order valence-electron chi connectivity index (χ1n) is 4.92. The van der Waals surface area contributed by atoms with Crippen LogP contribution in [0.4, 0.5) is 0 Å². The average molecular weight is 244 g/mol. The summed E-state index contributed by atoms with van der Waals surface area (Å²) in [6.07, 6.45) is 0. The zero-order valence-corrected chi connectivity index (χ0v) is 10.5. The van der Waals surface area contributed by atoms with Crippen molar-refractivity contribution in [3.8, 4) is 0 Å². The molecule has 0 radical (unpaired) electrons. The molecule has 1 rings (SSSR count). The Balaban J connectivity index is 2.15. The number of carbonyl (C=O) groups is 1. The van der Waals surface area contributed by atoms with E-state index in [1.807, 2.05) is 19.0 Å². The highest BCUT2D eigenvalue weighted by Crippen LogP contribution is 2.14. The van der Waals surface area contributed by atoms with Gasteiger partial charge in [0.2, 0.25) is 11.8 Å². The van der Waals surface area contributed by atoms with E-state index in [-0.39, 0.29) is 5.91 Å². The van der Waals surface area contributed by atoms with E-state index in [4.69, 9.17) is 4.42 Å². The molecule has 90 valence electrons. The van der Waals surface area contributed by atoms with Gasteiger partial charge in [-0.15, -0.1) is 10.2 Å². The maximum Gasteiger partial charge on any atom is 0.277 e. The normalized spacial score (nSPS) is 10.8. The molecule has 0 aliphatic heterocycles. The molecule has 1 aromatic rings. The fourth-order valence-corrected chi connectivity index (χ4v) is 1.57. The van der Waals surface area contributed by atoms with Gasteiger partial charge in [0.25, 0.3) is 5.22 Å². The maximum atomic E-state index is 11.4. The van der Waals surface area contributed by atoms with Crippen molar-refractivity contribution in [3.63, 3.8) is 0 Å². The molecule has 0 aliphatic carbocycles. The Morgan fingerprint density at radius 1 is 1.50 bits per heavy atom. The average Bonchev–Trinajstić information content (AvgIpc) is 2.61. The molecule has 1 heterocycles. The lowest BCUT2D eigenvalue weighted by Gasteiger charge is -2.09. The number of aromatic nitrogens is 2. The molecule has 0 spiro atoms. The molecule has 0 fully saturated rings. The van der Waals surface area contributed by atoms with Crippen LogP contribution in [-0.2, 0) is 4.79 Å². The van der Waals surface area contributed by atoms with E-state index >= 15 is 0 Å². The summed E-state index contributed by atoms with van der Waals surface area (Å²) in [4.78, 5) is 13.4. The second kappa shape index (κ2) is 6.49. The Hall–Kier alpha value is -1.08. The van der Waals surface area contributed by atoms with E-state index in [1.54, 1.807) is 6.92 Å². The largest absolute Gasteiger partial charge is 0.416 e.